The minimum Gasteiger partial charge on any atom is -0.330 e. The number of hydrogen-bond acceptors (Lipinski definition) is 5. The SMILES string of the molecule is NCCS[P+](O)(O)O. The maximum Gasteiger partial charge on any atom is 0.473 e. The Morgan fingerprint density at radius 2 is 1.88 bits per heavy atom. The summed E-state index contributed by atoms with van der Waals surface area (Å²) in [4.78, 5) is 24.8. The second-order valence-electron chi connectivity index (χ2n) is 1.14. The molecule has 50 valence electrons. The normalized spacial score (nSPS) is 12.0. The average molecular weight is 158 g/mol. The molecule has 0 aromatic carbocycles. The molecule has 0 amide bonds. The van der Waals surface area contributed by atoms with E-state index in [0.29, 0.717) is 23.7 Å². The maximum absolute atomic E-state index is 8.28. The van der Waals surface area contributed by atoms with Gasteiger partial charge in [-0.15, -0.1) is 0 Å². The van der Waals surface area contributed by atoms with Crippen molar-refractivity contribution in [2.75, 3.05) is 12.3 Å². The van der Waals surface area contributed by atoms with E-state index in [1.54, 1.807) is 0 Å². The van der Waals surface area contributed by atoms with Gasteiger partial charge >= 0.3 is 7.15 Å². The summed E-state index contributed by atoms with van der Waals surface area (Å²) in [5, 5.41) is 0. The Hall–Kier alpha value is 0.620. The van der Waals surface area contributed by atoms with Gasteiger partial charge in [-0.05, 0) is 0 Å². The molecule has 0 heterocycles. The molecule has 0 radical (unpaired) electrons. The van der Waals surface area contributed by atoms with E-state index in [-0.39, 0.29) is 0 Å². The van der Waals surface area contributed by atoms with Gasteiger partial charge < -0.3 is 5.73 Å². The minimum absolute atomic E-state index is 0.341. The van der Waals surface area contributed by atoms with Crippen LogP contribution < -0.4 is 5.73 Å². The molecule has 6 heteroatoms. The molecule has 0 bridgehead atoms. The lowest BCUT2D eigenvalue weighted by atomic mass is 10.8. The lowest BCUT2D eigenvalue weighted by Gasteiger charge is -1.97. The van der Waals surface area contributed by atoms with Crippen LogP contribution in [0.5, 0.6) is 0 Å². The third kappa shape index (κ3) is 6.62. The van der Waals surface area contributed by atoms with Gasteiger partial charge in [-0.3, -0.25) is 0 Å². The Balaban J connectivity index is 3.11. The predicted octanol–water partition coefficient (Wildman–Crippen LogP) is -0.667. The molecule has 0 spiro atoms. The highest BCUT2D eigenvalue weighted by Gasteiger charge is 2.30. The fourth-order valence-electron chi connectivity index (χ4n) is 0.175. The van der Waals surface area contributed by atoms with E-state index in [9.17, 15) is 0 Å². The monoisotopic (exact) mass is 158 g/mol. The Morgan fingerprint density at radius 3 is 2.00 bits per heavy atom. The van der Waals surface area contributed by atoms with E-state index < -0.39 is 7.15 Å². The summed E-state index contributed by atoms with van der Waals surface area (Å²) in [6, 6.07) is 0. The Kier molecular flexibility index (Phi) is 3.89. The third-order valence-corrected chi connectivity index (χ3v) is 2.73. The largest absolute Gasteiger partial charge is 0.473 e. The topological polar surface area (TPSA) is 86.7 Å². The molecule has 0 aliphatic heterocycles. The molecular weight excluding hydrogens is 149 g/mol. The quantitative estimate of drug-likeness (QED) is 0.409. The van der Waals surface area contributed by atoms with E-state index in [1.807, 2.05) is 0 Å². The lowest BCUT2D eigenvalue weighted by molar-refractivity contribution is 0.358. The first-order valence-electron chi connectivity index (χ1n) is 1.98. The van der Waals surface area contributed by atoms with E-state index in [2.05, 4.69) is 0 Å². The molecule has 0 aromatic rings. The van der Waals surface area contributed by atoms with Crippen molar-refractivity contribution >= 4 is 18.5 Å². The zero-order chi connectivity index (χ0) is 6.62. The summed E-state index contributed by atoms with van der Waals surface area (Å²) in [6.07, 6.45) is 0. The van der Waals surface area contributed by atoms with Crippen molar-refractivity contribution in [1.29, 1.82) is 0 Å². The molecule has 0 aliphatic carbocycles. The Morgan fingerprint density at radius 1 is 1.38 bits per heavy atom. The Bertz CT molecular complexity index is 64.8. The predicted molar refractivity (Wildman–Crippen MR) is 35.1 cm³/mol. The molecule has 8 heavy (non-hydrogen) atoms. The molecule has 0 fully saturated rings. The van der Waals surface area contributed by atoms with Gasteiger partial charge in [0.05, 0.1) is 5.75 Å². The average Bonchev–Trinajstić information content (AvgIpc) is 1.59. The fourth-order valence-corrected chi connectivity index (χ4v) is 1.58. The van der Waals surface area contributed by atoms with Crippen molar-refractivity contribution in [1.82, 2.24) is 0 Å². The van der Waals surface area contributed by atoms with Crippen LogP contribution in [-0.4, -0.2) is 27.0 Å². The second-order valence-corrected chi connectivity index (χ2v) is 5.07. The summed E-state index contributed by atoms with van der Waals surface area (Å²) < 4.78 is 0. The molecule has 5 N–H and O–H groups in total. The minimum atomic E-state index is -3.60. The van der Waals surface area contributed by atoms with Gasteiger partial charge in [-0.2, -0.15) is 14.7 Å². The van der Waals surface area contributed by atoms with Gasteiger partial charge in [0.25, 0.3) is 0 Å². The van der Waals surface area contributed by atoms with Crippen molar-refractivity contribution in [2.24, 2.45) is 5.73 Å². The summed E-state index contributed by atoms with van der Waals surface area (Å²) in [5.41, 5.74) is 5.00. The van der Waals surface area contributed by atoms with Gasteiger partial charge in [-0.1, -0.05) is 0 Å². The van der Waals surface area contributed by atoms with E-state index in [0.717, 1.165) is 0 Å². The molecule has 0 rings (SSSR count). The third-order valence-electron chi connectivity index (χ3n) is 0.382. The summed E-state index contributed by atoms with van der Waals surface area (Å²) >= 11 is 0.686. The van der Waals surface area contributed by atoms with E-state index in [4.69, 9.17) is 20.4 Å². The molecule has 0 aliphatic rings. The summed E-state index contributed by atoms with van der Waals surface area (Å²) in [6.45, 7) is 0.341. The Labute approximate surface area is 52.0 Å². The smallest absolute Gasteiger partial charge is 0.330 e. The molecular formula is C2H9NO3PS+. The van der Waals surface area contributed by atoms with Gasteiger partial charge in [0.15, 0.2) is 0 Å². The van der Waals surface area contributed by atoms with Crippen LogP contribution in [0.25, 0.3) is 0 Å². The fraction of sp³-hybridized carbons (Fsp3) is 1.00. The highest BCUT2D eigenvalue weighted by atomic mass is 32.7. The van der Waals surface area contributed by atoms with Crippen molar-refractivity contribution in [3.05, 3.63) is 0 Å². The molecule has 0 atom stereocenters. The first-order chi connectivity index (χ1) is 3.56. The van der Waals surface area contributed by atoms with Crippen LogP contribution >= 0.6 is 18.5 Å². The first-order valence-corrected chi connectivity index (χ1v) is 5.22. The first kappa shape index (κ1) is 8.62. The number of hydrogen-bond donors (Lipinski definition) is 4. The van der Waals surface area contributed by atoms with Crippen molar-refractivity contribution < 1.29 is 14.7 Å². The van der Waals surface area contributed by atoms with Crippen LogP contribution in [0.15, 0.2) is 0 Å². The molecule has 0 saturated carbocycles. The van der Waals surface area contributed by atoms with Crippen LogP contribution in [0, 0.1) is 0 Å². The van der Waals surface area contributed by atoms with Crippen LogP contribution in [0.1, 0.15) is 0 Å². The van der Waals surface area contributed by atoms with Crippen molar-refractivity contribution in [3.63, 3.8) is 0 Å². The molecule has 0 aromatic heterocycles. The highest BCUT2D eigenvalue weighted by Crippen LogP contribution is 2.58. The second kappa shape index (κ2) is 3.61. The highest BCUT2D eigenvalue weighted by molar-refractivity contribution is 8.56. The molecule has 4 nitrogen and oxygen atoms in total. The van der Waals surface area contributed by atoms with Crippen LogP contribution in [0.4, 0.5) is 0 Å². The number of nitrogens with two attached hydrogens (primary N) is 1. The zero-order valence-electron chi connectivity index (χ0n) is 4.19. The van der Waals surface area contributed by atoms with Crippen molar-refractivity contribution in [3.8, 4) is 0 Å². The van der Waals surface area contributed by atoms with Crippen LogP contribution in [0.3, 0.4) is 0 Å². The zero-order valence-corrected chi connectivity index (χ0v) is 5.90. The standard InChI is InChI=1S/C2H9NO3PS/c3-1-2-8-7(4,5)6/h4-6H,1-3H2/q+1. The summed E-state index contributed by atoms with van der Waals surface area (Å²) in [7, 11) is -3.60. The van der Waals surface area contributed by atoms with E-state index >= 15 is 0 Å². The molecule has 0 saturated heterocycles. The lowest BCUT2D eigenvalue weighted by Crippen LogP contribution is -2.01. The van der Waals surface area contributed by atoms with Gasteiger partial charge in [0.1, 0.15) is 11.4 Å². The van der Waals surface area contributed by atoms with Crippen LogP contribution in [-0.2, 0) is 0 Å². The van der Waals surface area contributed by atoms with Gasteiger partial charge in [0.2, 0.25) is 0 Å². The number of rotatable bonds is 3. The van der Waals surface area contributed by atoms with Crippen molar-refractivity contribution in [2.45, 2.75) is 0 Å². The summed E-state index contributed by atoms with van der Waals surface area (Å²) in [5.74, 6) is 0.372. The molecule has 0 unspecified atom stereocenters. The van der Waals surface area contributed by atoms with Gasteiger partial charge in [-0.25, -0.2) is 0 Å². The van der Waals surface area contributed by atoms with E-state index in [1.165, 1.54) is 0 Å². The maximum atomic E-state index is 8.28. The van der Waals surface area contributed by atoms with Crippen LogP contribution in [0.2, 0.25) is 0 Å². The van der Waals surface area contributed by atoms with Gasteiger partial charge in [0, 0.05) is 6.54 Å².